The topological polar surface area (TPSA) is 104 Å². The van der Waals surface area contributed by atoms with Gasteiger partial charge in [-0.3, -0.25) is 4.84 Å². The molecule has 1 rings (SSSR count). The Bertz CT molecular complexity index is 505. The summed E-state index contributed by atoms with van der Waals surface area (Å²) in [5.74, 6) is 0.332. The minimum Gasteiger partial charge on any atom is -0.359 e. The molecule has 0 atom stereocenters. The van der Waals surface area contributed by atoms with Gasteiger partial charge in [-0.2, -0.15) is 20.0 Å². The first-order valence-corrected chi connectivity index (χ1v) is 8.33. The van der Waals surface area contributed by atoms with Gasteiger partial charge in [0, 0.05) is 6.61 Å². The van der Waals surface area contributed by atoms with Crippen molar-refractivity contribution < 1.29 is 28.9 Å². The maximum absolute atomic E-state index is 5.41. The van der Waals surface area contributed by atoms with Gasteiger partial charge in [0.25, 0.3) is 17.8 Å². The third-order valence-corrected chi connectivity index (χ3v) is 2.69. The molecule has 0 saturated heterocycles. The van der Waals surface area contributed by atoms with E-state index >= 15 is 0 Å². The first-order chi connectivity index (χ1) is 12.6. The highest BCUT2D eigenvalue weighted by Crippen LogP contribution is 2.20. The lowest BCUT2D eigenvalue weighted by Gasteiger charge is -2.24. The standard InChI is InChI=1S/C14H28N6O6/c1-7-23-11-18(21-5)12-15-13(19(22-6)24-8-2)17-14(16-12)20(25-9-3)26-10-4/h7-11H2,1-6H3. The van der Waals surface area contributed by atoms with Crippen molar-refractivity contribution in [3.63, 3.8) is 0 Å². The first kappa shape index (κ1) is 22.2. The summed E-state index contributed by atoms with van der Waals surface area (Å²) in [6, 6.07) is 0. The molecule has 0 aliphatic heterocycles. The van der Waals surface area contributed by atoms with Gasteiger partial charge < -0.3 is 4.74 Å². The van der Waals surface area contributed by atoms with E-state index in [-0.39, 0.29) is 24.6 Å². The van der Waals surface area contributed by atoms with Gasteiger partial charge >= 0.3 is 0 Å². The van der Waals surface area contributed by atoms with E-state index in [1.807, 2.05) is 20.8 Å². The van der Waals surface area contributed by atoms with Crippen molar-refractivity contribution in [2.45, 2.75) is 27.7 Å². The Balaban J connectivity index is 3.31. The van der Waals surface area contributed by atoms with Crippen molar-refractivity contribution in [2.75, 3.05) is 62.9 Å². The Morgan fingerprint density at radius 2 is 1.15 bits per heavy atom. The zero-order valence-corrected chi connectivity index (χ0v) is 16.2. The number of hydrogen-bond donors (Lipinski definition) is 0. The van der Waals surface area contributed by atoms with Crippen LogP contribution in [0.5, 0.6) is 0 Å². The molecule has 12 heteroatoms. The molecule has 12 nitrogen and oxygen atoms in total. The molecule has 0 radical (unpaired) electrons. The van der Waals surface area contributed by atoms with E-state index in [1.54, 1.807) is 6.92 Å². The second-order valence-corrected chi connectivity index (χ2v) is 4.37. The average Bonchev–Trinajstić information content (AvgIpc) is 2.66. The molecule has 0 aliphatic carbocycles. The van der Waals surface area contributed by atoms with Crippen molar-refractivity contribution in [3.05, 3.63) is 0 Å². The van der Waals surface area contributed by atoms with Crippen LogP contribution >= 0.6 is 0 Å². The van der Waals surface area contributed by atoms with Gasteiger partial charge in [-0.05, 0) is 27.7 Å². The predicted octanol–water partition coefficient (Wildman–Crippen LogP) is 1.26. The van der Waals surface area contributed by atoms with Crippen LogP contribution in [0.4, 0.5) is 17.8 Å². The summed E-state index contributed by atoms with van der Waals surface area (Å²) < 4.78 is 5.36. The van der Waals surface area contributed by atoms with Gasteiger partial charge in [-0.25, -0.2) is 19.4 Å². The monoisotopic (exact) mass is 376 g/mol. The molecule has 0 amide bonds. The van der Waals surface area contributed by atoms with Gasteiger partial charge in [0.05, 0.1) is 34.0 Å². The number of ether oxygens (including phenoxy) is 1. The molecule has 0 fully saturated rings. The number of aromatic nitrogens is 3. The molecule has 1 aromatic heterocycles. The van der Waals surface area contributed by atoms with E-state index in [0.717, 1.165) is 10.5 Å². The molecule has 0 spiro atoms. The quantitative estimate of drug-likeness (QED) is 0.345. The molecule has 26 heavy (non-hydrogen) atoms. The van der Waals surface area contributed by atoms with Crippen molar-refractivity contribution in [1.82, 2.24) is 15.0 Å². The van der Waals surface area contributed by atoms with Gasteiger partial charge in [0.15, 0.2) is 0 Å². The van der Waals surface area contributed by atoms with Gasteiger partial charge in [0.1, 0.15) is 6.73 Å². The molecule has 0 aromatic carbocycles. The molecular formula is C14H28N6O6. The zero-order valence-electron chi connectivity index (χ0n) is 16.2. The Hall–Kier alpha value is -1.83. The Morgan fingerprint density at radius 3 is 1.62 bits per heavy atom. The van der Waals surface area contributed by atoms with Crippen LogP contribution in [0.25, 0.3) is 0 Å². The summed E-state index contributed by atoms with van der Waals surface area (Å²) in [6.07, 6.45) is 0. The molecule has 0 bridgehead atoms. The lowest BCUT2D eigenvalue weighted by Crippen LogP contribution is -2.32. The lowest BCUT2D eigenvalue weighted by molar-refractivity contribution is -0.0864. The third-order valence-electron chi connectivity index (χ3n) is 2.69. The van der Waals surface area contributed by atoms with E-state index in [0.29, 0.717) is 26.4 Å². The first-order valence-electron chi connectivity index (χ1n) is 8.33. The minimum atomic E-state index is 0.0808. The van der Waals surface area contributed by atoms with E-state index in [2.05, 4.69) is 15.0 Å². The van der Waals surface area contributed by atoms with E-state index in [4.69, 9.17) is 28.9 Å². The predicted molar refractivity (Wildman–Crippen MR) is 92.7 cm³/mol. The summed E-state index contributed by atoms with van der Waals surface area (Å²) in [4.78, 5) is 39.5. The van der Waals surface area contributed by atoms with Crippen molar-refractivity contribution in [3.8, 4) is 0 Å². The maximum atomic E-state index is 5.41. The number of rotatable bonds is 14. The number of hydrogen-bond acceptors (Lipinski definition) is 12. The highest BCUT2D eigenvalue weighted by Gasteiger charge is 2.22. The smallest absolute Gasteiger partial charge is 0.284 e. The van der Waals surface area contributed by atoms with Crippen LogP contribution in [-0.2, 0) is 28.9 Å². The van der Waals surface area contributed by atoms with Crippen LogP contribution in [0, 0.1) is 0 Å². The molecule has 0 aliphatic rings. The minimum absolute atomic E-state index is 0.0808. The highest BCUT2D eigenvalue weighted by atomic mass is 17.0. The van der Waals surface area contributed by atoms with Crippen LogP contribution in [0.2, 0.25) is 0 Å². The summed E-state index contributed by atoms with van der Waals surface area (Å²) in [5, 5.41) is 3.50. The van der Waals surface area contributed by atoms with Crippen LogP contribution in [-0.4, -0.2) is 62.3 Å². The molecule has 150 valence electrons. The van der Waals surface area contributed by atoms with Crippen LogP contribution in [0.1, 0.15) is 27.7 Å². The van der Waals surface area contributed by atoms with Gasteiger partial charge in [-0.1, -0.05) is 10.5 Å². The zero-order chi connectivity index (χ0) is 19.4. The van der Waals surface area contributed by atoms with Crippen LogP contribution in [0.3, 0.4) is 0 Å². The van der Waals surface area contributed by atoms with Crippen LogP contribution < -0.4 is 15.5 Å². The molecule has 0 N–H and O–H groups in total. The third kappa shape index (κ3) is 6.48. The Kier molecular flexibility index (Phi) is 10.7. The summed E-state index contributed by atoms with van der Waals surface area (Å²) in [7, 11) is 2.90. The summed E-state index contributed by atoms with van der Waals surface area (Å²) in [6.45, 7) is 8.95. The second kappa shape index (κ2) is 12.5. The summed E-state index contributed by atoms with van der Waals surface area (Å²) in [5.41, 5.74) is 0. The highest BCUT2D eigenvalue weighted by molar-refractivity contribution is 5.41. The Morgan fingerprint density at radius 1 is 0.654 bits per heavy atom. The van der Waals surface area contributed by atoms with Crippen molar-refractivity contribution >= 4 is 17.8 Å². The van der Waals surface area contributed by atoms with E-state index in [1.165, 1.54) is 19.3 Å². The SMILES string of the molecule is CCOCN(OC)c1nc(N(OC)OCC)nc(N(OCC)OCC)n1. The van der Waals surface area contributed by atoms with Crippen molar-refractivity contribution in [1.29, 1.82) is 0 Å². The molecule has 1 heterocycles. The van der Waals surface area contributed by atoms with Gasteiger partial charge in [-0.15, -0.1) is 0 Å². The van der Waals surface area contributed by atoms with E-state index in [9.17, 15) is 0 Å². The normalized spacial score (nSPS) is 10.8. The number of anilines is 3. The number of nitrogens with zero attached hydrogens (tertiary/aromatic N) is 6. The molecular weight excluding hydrogens is 348 g/mol. The van der Waals surface area contributed by atoms with Gasteiger partial charge in [0.2, 0.25) is 0 Å². The molecule has 0 unspecified atom stereocenters. The summed E-state index contributed by atoms with van der Waals surface area (Å²) >= 11 is 0. The Labute approximate surface area is 153 Å². The molecule has 1 aromatic rings. The fourth-order valence-electron chi connectivity index (χ4n) is 1.68. The molecule has 0 saturated carbocycles. The fourth-order valence-corrected chi connectivity index (χ4v) is 1.68. The fraction of sp³-hybridized carbons (Fsp3) is 0.786. The van der Waals surface area contributed by atoms with Crippen LogP contribution in [0.15, 0.2) is 0 Å². The number of hydroxylamine groups is 1. The maximum Gasteiger partial charge on any atom is 0.284 e. The lowest BCUT2D eigenvalue weighted by atomic mass is 10.8. The largest absolute Gasteiger partial charge is 0.359 e. The average molecular weight is 376 g/mol. The van der Waals surface area contributed by atoms with E-state index < -0.39 is 0 Å². The van der Waals surface area contributed by atoms with Crippen molar-refractivity contribution in [2.24, 2.45) is 0 Å². The second-order valence-electron chi connectivity index (χ2n) is 4.37.